The number of hydrogen-bond acceptors (Lipinski definition) is 3. The first kappa shape index (κ1) is 14.1. The van der Waals surface area contributed by atoms with Gasteiger partial charge in [-0.05, 0) is 49.6 Å². The standard InChI is InChI=1S/C17H16ClNO2/c1-17(11-3-5-12(21-2)6-4-11)10-9-14-13(16(17)20)7-8-15(18)19-14/h3-8H,9-10H2,1-2H3. The lowest BCUT2D eigenvalue weighted by Crippen LogP contribution is -2.37. The number of ketones is 1. The molecule has 0 fully saturated rings. The van der Waals surface area contributed by atoms with Gasteiger partial charge in [-0.1, -0.05) is 23.7 Å². The SMILES string of the molecule is COc1ccc(C2(C)CCc3nc(Cl)ccc3C2=O)cc1. The van der Waals surface area contributed by atoms with Crippen molar-refractivity contribution in [3.05, 3.63) is 58.4 Å². The Labute approximate surface area is 128 Å². The minimum atomic E-state index is -0.519. The van der Waals surface area contributed by atoms with Gasteiger partial charge in [0.25, 0.3) is 0 Å². The molecule has 1 heterocycles. The van der Waals surface area contributed by atoms with Crippen molar-refractivity contribution in [1.29, 1.82) is 0 Å². The van der Waals surface area contributed by atoms with Gasteiger partial charge in [-0.2, -0.15) is 0 Å². The minimum Gasteiger partial charge on any atom is -0.497 e. The number of aromatic nitrogens is 1. The lowest BCUT2D eigenvalue weighted by molar-refractivity contribution is 0.0874. The summed E-state index contributed by atoms with van der Waals surface area (Å²) in [6, 6.07) is 11.2. The van der Waals surface area contributed by atoms with Crippen LogP contribution in [0.1, 0.15) is 35.0 Å². The van der Waals surface area contributed by atoms with Crippen molar-refractivity contribution in [2.24, 2.45) is 0 Å². The van der Waals surface area contributed by atoms with Crippen LogP contribution in [0.2, 0.25) is 5.15 Å². The molecule has 0 saturated carbocycles. The van der Waals surface area contributed by atoms with E-state index in [1.807, 2.05) is 31.2 Å². The molecule has 0 saturated heterocycles. The van der Waals surface area contributed by atoms with Crippen molar-refractivity contribution in [2.45, 2.75) is 25.2 Å². The molecule has 0 spiro atoms. The van der Waals surface area contributed by atoms with E-state index in [1.165, 1.54) is 0 Å². The maximum atomic E-state index is 12.9. The van der Waals surface area contributed by atoms with E-state index in [4.69, 9.17) is 16.3 Å². The molecule has 1 aliphatic rings. The summed E-state index contributed by atoms with van der Waals surface area (Å²) < 4.78 is 5.18. The highest BCUT2D eigenvalue weighted by Gasteiger charge is 2.40. The van der Waals surface area contributed by atoms with Crippen LogP contribution in [0.3, 0.4) is 0 Å². The third kappa shape index (κ3) is 2.32. The molecular formula is C17H16ClNO2. The van der Waals surface area contributed by atoms with Crippen molar-refractivity contribution in [3.8, 4) is 5.75 Å². The number of carbonyl (C=O) groups is 1. The molecule has 2 aromatic rings. The highest BCUT2D eigenvalue weighted by Crippen LogP contribution is 2.38. The molecule has 108 valence electrons. The summed E-state index contributed by atoms with van der Waals surface area (Å²) in [4.78, 5) is 17.2. The summed E-state index contributed by atoms with van der Waals surface area (Å²) in [5.41, 5.74) is 1.98. The summed E-state index contributed by atoms with van der Waals surface area (Å²) >= 11 is 5.91. The molecule has 3 rings (SSSR count). The predicted molar refractivity (Wildman–Crippen MR) is 82.2 cm³/mol. The van der Waals surface area contributed by atoms with Crippen LogP contribution in [0.25, 0.3) is 0 Å². The van der Waals surface area contributed by atoms with Gasteiger partial charge in [0.15, 0.2) is 5.78 Å². The van der Waals surface area contributed by atoms with E-state index in [1.54, 1.807) is 19.2 Å². The Balaban J connectivity index is 2.02. The van der Waals surface area contributed by atoms with Crippen LogP contribution in [0.5, 0.6) is 5.75 Å². The zero-order valence-electron chi connectivity index (χ0n) is 12.0. The van der Waals surface area contributed by atoms with E-state index in [0.29, 0.717) is 10.7 Å². The third-order valence-corrected chi connectivity index (χ3v) is 4.49. The molecule has 1 aliphatic carbocycles. The second kappa shape index (κ2) is 5.15. The van der Waals surface area contributed by atoms with Crippen LogP contribution >= 0.6 is 11.6 Å². The molecule has 1 aromatic carbocycles. The van der Waals surface area contributed by atoms with Crippen molar-refractivity contribution < 1.29 is 9.53 Å². The number of benzene rings is 1. The molecule has 0 N–H and O–H groups in total. The molecule has 1 unspecified atom stereocenters. The van der Waals surface area contributed by atoms with Crippen LogP contribution in [-0.2, 0) is 11.8 Å². The molecule has 0 aliphatic heterocycles. The van der Waals surface area contributed by atoms with Gasteiger partial charge in [-0.15, -0.1) is 0 Å². The zero-order chi connectivity index (χ0) is 15.0. The van der Waals surface area contributed by atoms with E-state index >= 15 is 0 Å². The molecule has 1 aromatic heterocycles. The van der Waals surface area contributed by atoms with Gasteiger partial charge in [-0.3, -0.25) is 4.79 Å². The van der Waals surface area contributed by atoms with Crippen molar-refractivity contribution in [2.75, 3.05) is 7.11 Å². The molecular weight excluding hydrogens is 286 g/mol. The number of nitrogens with zero attached hydrogens (tertiary/aromatic N) is 1. The summed E-state index contributed by atoms with van der Waals surface area (Å²) in [6.45, 7) is 1.99. The first-order chi connectivity index (χ1) is 10.0. The van der Waals surface area contributed by atoms with E-state index in [2.05, 4.69) is 4.98 Å². The summed E-state index contributed by atoms with van der Waals surface area (Å²) in [7, 11) is 1.63. The predicted octanol–water partition coefficient (Wildman–Crippen LogP) is 3.83. The number of ether oxygens (including phenoxy) is 1. The minimum absolute atomic E-state index is 0.109. The van der Waals surface area contributed by atoms with Gasteiger partial charge in [0, 0.05) is 5.56 Å². The van der Waals surface area contributed by atoms with Crippen molar-refractivity contribution in [3.63, 3.8) is 0 Å². The van der Waals surface area contributed by atoms with Crippen molar-refractivity contribution >= 4 is 17.4 Å². The highest BCUT2D eigenvalue weighted by molar-refractivity contribution is 6.29. The fourth-order valence-corrected chi connectivity index (χ4v) is 3.05. The van der Waals surface area contributed by atoms with Crippen LogP contribution in [0.4, 0.5) is 0 Å². The second-order valence-electron chi connectivity index (χ2n) is 5.52. The third-order valence-electron chi connectivity index (χ3n) is 4.27. The Morgan fingerprint density at radius 1 is 1.19 bits per heavy atom. The van der Waals surface area contributed by atoms with Gasteiger partial charge in [-0.25, -0.2) is 4.98 Å². The quantitative estimate of drug-likeness (QED) is 0.791. The first-order valence-corrected chi connectivity index (χ1v) is 7.27. The number of hydrogen-bond donors (Lipinski definition) is 0. The molecule has 0 radical (unpaired) electrons. The van der Waals surface area contributed by atoms with Gasteiger partial charge >= 0.3 is 0 Å². The summed E-state index contributed by atoms with van der Waals surface area (Å²) in [6.07, 6.45) is 1.49. The normalized spacial score (nSPS) is 21.0. The highest BCUT2D eigenvalue weighted by atomic mass is 35.5. The smallest absolute Gasteiger partial charge is 0.174 e. The summed E-state index contributed by atoms with van der Waals surface area (Å²) in [5.74, 6) is 0.901. The molecule has 3 nitrogen and oxygen atoms in total. The van der Waals surface area contributed by atoms with Gasteiger partial charge in [0.2, 0.25) is 0 Å². The fraction of sp³-hybridized carbons (Fsp3) is 0.294. The molecule has 4 heteroatoms. The number of pyridine rings is 1. The van der Waals surface area contributed by atoms with Crippen LogP contribution in [0.15, 0.2) is 36.4 Å². The summed E-state index contributed by atoms with van der Waals surface area (Å²) in [5, 5.41) is 0.439. The van der Waals surface area contributed by atoms with Crippen molar-refractivity contribution in [1.82, 2.24) is 4.98 Å². The number of fused-ring (bicyclic) bond motifs is 1. The van der Waals surface area contributed by atoms with Crippen LogP contribution in [-0.4, -0.2) is 17.9 Å². The topological polar surface area (TPSA) is 39.2 Å². The van der Waals surface area contributed by atoms with E-state index < -0.39 is 5.41 Å². The Kier molecular flexibility index (Phi) is 3.46. The monoisotopic (exact) mass is 301 g/mol. The Bertz CT molecular complexity index is 696. The first-order valence-electron chi connectivity index (χ1n) is 6.89. The average molecular weight is 302 g/mol. The van der Waals surface area contributed by atoms with Gasteiger partial charge < -0.3 is 4.74 Å². The van der Waals surface area contributed by atoms with Crippen LogP contribution in [0, 0.1) is 0 Å². The van der Waals surface area contributed by atoms with E-state index in [-0.39, 0.29) is 5.78 Å². The Hall–Kier alpha value is -1.87. The largest absolute Gasteiger partial charge is 0.497 e. The fourth-order valence-electron chi connectivity index (χ4n) is 2.89. The molecule has 1 atom stereocenters. The van der Waals surface area contributed by atoms with Gasteiger partial charge in [0.1, 0.15) is 10.9 Å². The number of halogens is 1. The lowest BCUT2D eigenvalue weighted by atomic mass is 9.69. The van der Waals surface area contributed by atoms with E-state index in [9.17, 15) is 4.79 Å². The maximum absolute atomic E-state index is 12.9. The van der Waals surface area contributed by atoms with Gasteiger partial charge in [0.05, 0.1) is 18.2 Å². The zero-order valence-corrected chi connectivity index (χ0v) is 12.8. The number of Topliss-reactive ketones (excluding diaryl/α,β-unsaturated/α-hetero) is 1. The number of aryl methyl sites for hydroxylation is 1. The Morgan fingerprint density at radius 2 is 1.90 bits per heavy atom. The average Bonchev–Trinajstić information content (AvgIpc) is 2.51. The second-order valence-corrected chi connectivity index (χ2v) is 5.91. The molecule has 0 bridgehead atoms. The molecule has 21 heavy (non-hydrogen) atoms. The number of methoxy groups -OCH3 is 1. The number of carbonyl (C=O) groups excluding carboxylic acids is 1. The maximum Gasteiger partial charge on any atom is 0.174 e. The van der Waals surface area contributed by atoms with Crippen LogP contribution < -0.4 is 4.74 Å². The lowest BCUT2D eigenvalue weighted by Gasteiger charge is -2.33. The van der Waals surface area contributed by atoms with E-state index in [0.717, 1.165) is 29.8 Å². The molecule has 0 amide bonds. The number of rotatable bonds is 2. The Morgan fingerprint density at radius 3 is 2.57 bits per heavy atom.